The summed E-state index contributed by atoms with van der Waals surface area (Å²) in [5.41, 5.74) is 1.67. The summed E-state index contributed by atoms with van der Waals surface area (Å²) in [5, 5.41) is 21.8. The third-order valence-electron chi connectivity index (χ3n) is 14.3. The normalized spacial score (nSPS) is 12.8. The summed E-state index contributed by atoms with van der Waals surface area (Å²) in [6, 6.07) is 0. The van der Waals surface area contributed by atoms with Gasteiger partial charge in [0.25, 0.3) is 0 Å². The van der Waals surface area contributed by atoms with Crippen molar-refractivity contribution in [2.75, 3.05) is 78.8 Å². The smallest absolute Gasteiger partial charge is 0.306 e. The van der Waals surface area contributed by atoms with E-state index < -0.39 is 11.4 Å². The van der Waals surface area contributed by atoms with E-state index in [9.17, 15) is 28.8 Å². The lowest BCUT2D eigenvalue weighted by molar-refractivity contribution is -0.147. The van der Waals surface area contributed by atoms with Crippen molar-refractivity contribution in [3.05, 3.63) is 0 Å². The molecule has 0 bridgehead atoms. The van der Waals surface area contributed by atoms with E-state index in [4.69, 9.17) is 14.2 Å². The maximum Gasteiger partial charge on any atom is 0.306 e. The highest BCUT2D eigenvalue weighted by atomic mass is 16.5. The van der Waals surface area contributed by atoms with Crippen molar-refractivity contribution >= 4 is 35.4 Å². The van der Waals surface area contributed by atoms with Crippen molar-refractivity contribution in [3.8, 4) is 0 Å². The number of esters is 1. The largest absolute Gasteiger partial charge is 0.465 e. The highest BCUT2D eigenvalue weighted by molar-refractivity contribution is 5.90. The minimum atomic E-state index is -0.473. The molecule has 0 fully saturated rings. The number of ether oxygens (including phenoxy) is 3. The van der Waals surface area contributed by atoms with E-state index in [0.717, 1.165) is 84.6 Å². The van der Waals surface area contributed by atoms with Crippen LogP contribution in [0.2, 0.25) is 0 Å². The fourth-order valence-electron chi connectivity index (χ4n) is 7.81. The van der Waals surface area contributed by atoms with Crippen molar-refractivity contribution in [1.29, 1.82) is 0 Å². The first-order valence-electron chi connectivity index (χ1n) is 40.1. The third kappa shape index (κ3) is 107. The molecule has 0 rings (SSSR count). The molecule has 0 saturated carbocycles. The number of carbonyl (C=O) groups is 6. The number of nitrogens with one attached hydrogen (secondary N) is 7. The van der Waals surface area contributed by atoms with E-state index in [1.165, 1.54) is 44.9 Å². The van der Waals surface area contributed by atoms with E-state index in [0.29, 0.717) is 41.4 Å². The molecule has 0 aromatic rings. The number of unbranched alkanes of at least 4 members (excludes halogenated alkanes) is 2. The Bertz CT molecular complexity index is 2150. The van der Waals surface area contributed by atoms with Crippen LogP contribution in [-0.2, 0) is 43.0 Å². The molecule has 0 aromatic heterocycles. The minimum absolute atomic E-state index is 0.000623. The van der Waals surface area contributed by atoms with Crippen molar-refractivity contribution < 1.29 is 43.0 Å². The van der Waals surface area contributed by atoms with Crippen LogP contribution >= 0.6 is 0 Å². The van der Waals surface area contributed by atoms with Gasteiger partial charge >= 0.3 is 5.97 Å². The van der Waals surface area contributed by atoms with E-state index in [1.54, 1.807) is 20.8 Å². The minimum Gasteiger partial charge on any atom is -0.465 e. The molecule has 626 valence electrons. The number of ketones is 1. The first-order chi connectivity index (χ1) is 45.9. The summed E-state index contributed by atoms with van der Waals surface area (Å²) in [5.74, 6) is -0.346. The zero-order valence-corrected chi connectivity index (χ0v) is 77.6. The molecule has 16 heteroatoms. The van der Waals surface area contributed by atoms with Gasteiger partial charge in [-0.25, -0.2) is 0 Å². The van der Waals surface area contributed by atoms with Gasteiger partial charge in [-0.2, -0.15) is 0 Å². The maximum absolute atomic E-state index is 11.6. The predicted molar refractivity (Wildman–Crippen MR) is 452 cm³/mol. The highest BCUT2D eigenvalue weighted by Crippen LogP contribution is 2.25. The molecular formula is C88H185N7O9. The molecule has 0 radical (unpaired) electrons. The van der Waals surface area contributed by atoms with E-state index in [-0.39, 0.29) is 97.9 Å². The van der Waals surface area contributed by atoms with Gasteiger partial charge in [-0.15, -0.1) is 0 Å². The Hall–Kier alpha value is -3.18. The molecule has 4 amide bonds. The first-order valence-corrected chi connectivity index (χ1v) is 40.1. The van der Waals surface area contributed by atoms with Gasteiger partial charge in [0.1, 0.15) is 0 Å². The average Bonchev–Trinajstić information content (AvgIpc) is 0.924. The van der Waals surface area contributed by atoms with E-state index in [2.05, 4.69) is 224 Å². The molecule has 0 aliphatic heterocycles. The summed E-state index contributed by atoms with van der Waals surface area (Å²) in [7, 11) is 0. The first kappa shape index (κ1) is 114. The Morgan fingerprint density at radius 1 is 0.260 bits per heavy atom. The predicted octanol–water partition coefficient (Wildman–Crippen LogP) is 20.6. The third-order valence-corrected chi connectivity index (χ3v) is 14.3. The summed E-state index contributed by atoms with van der Waals surface area (Å²) < 4.78 is 16.1. The Balaban J connectivity index is -0.000000212. The Labute approximate surface area is 648 Å². The molecule has 16 nitrogen and oxygen atoms in total. The molecule has 0 aliphatic carbocycles. The van der Waals surface area contributed by atoms with Crippen LogP contribution in [0.15, 0.2) is 0 Å². The highest BCUT2D eigenvalue weighted by Gasteiger charge is 2.25. The van der Waals surface area contributed by atoms with Crippen LogP contribution in [0.25, 0.3) is 0 Å². The zero-order valence-electron chi connectivity index (χ0n) is 77.6. The van der Waals surface area contributed by atoms with Crippen molar-refractivity contribution in [1.82, 2.24) is 37.2 Å². The Kier molecular flexibility index (Phi) is 58.9. The Morgan fingerprint density at radius 2 is 0.519 bits per heavy atom. The lowest BCUT2D eigenvalue weighted by Gasteiger charge is -2.23. The molecule has 0 heterocycles. The van der Waals surface area contributed by atoms with Crippen LogP contribution in [0, 0.1) is 59.6 Å². The average molecular weight is 1490 g/mol. The fraction of sp³-hybridized carbons (Fsp3) is 0.932. The topological polar surface area (TPSA) is 214 Å². The van der Waals surface area contributed by atoms with Crippen LogP contribution in [0.5, 0.6) is 0 Å². The van der Waals surface area contributed by atoms with Gasteiger partial charge in [0, 0.05) is 77.5 Å². The lowest BCUT2D eigenvalue weighted by Crippen LogP contribution is -2.36. The zero-order chi connectivity index (χ0) is 83.9. The molecule has 0 spiro atoms. The van der Waals surface area contributed by atoms with Gasteiger partial charge in [-0.3, -0.25) is 28.8 Å². The molecule has 0 aliphatic rings. The lowest BCUT2D eigenvalue weighted by atomic mass is 9.90. The SMILES string of the molecule is CC(C)(C)CCCCNC(=O)C(C)(C)C.CC(C)(C)CCCCNC(C)(C)C.CC(C)(C)CCCNC(=O)C(C)(C)C.CC(C)(C)CCCNC(C)(C)C.CC(C)(C)COC(=O)CCC(=O)NCC(=O)C(C)(C)C.CC(C)(C)COCCCNC(=O)C(C)(C)C.CC(C)(C)COCCCNC(C)(C)C. The summed E-state index contributed by atoms with van der Waals surface area (Å²) in [4.78, 5) is 69.0. The number of Topliss-reactive ketones (excluding diaryl/α,β-unsaturated/α-hetero) is 1. The quantitative estimate of drug-likeness (QED) is 0.0264. The fourth-order valence-corrected chi connectivity index (χ4v) is 7.81. The van der Waals surface area contributed by atoms with Crippen LogP contribution in [0.3, 0.4) is 0 Å². The van der Waals surface area contributed by atoms with E-state index in [1.807, 2.05) is 83.1 Å². The second-order valence-electron chi connectivity index (χ2n) is 44.5. The number of carbonyl (C=O) groups excluding carboxylic acids is 6. The van der Waals surface area contributed by atoms with Crippen LogP contribution in [-0.4, -0.2) is 131 Å². The number of amides is 4. The van der Waals surface area contributed by atoms with Gasteiger partial charge < -0.3 is 51.4 Å². The van der Waals surface area contributed by atoms with Crippen molar-refractivity contribution in [3.63, 3.8) is 0 Å². The van der Waals surface area contributed by atoms with Crippen molar-refractivity contribution in [2.45, 2.75) is 397 Å². The summed E-state index contributed by atoms with van der Waals surface area (Å²) in [6.07, 6.45) is 14.3. The molecule has 7 N–H and O–H groups in total. The summed E-state index contributed by atoms with van der Waals surface area (Å²) >= 11 is 0. The molecule has 0 atom stereocenters. The molecular weight excluding hydrogens is 1300 g/mol. The standard InChI is InChI=1S/C15H27NO4.C13H27NO2.C13H27NO.C12H27NO.C12H25NO.C12H27N.C11H25N/c1-14(2,3)10-20-13(19)8-7-12(18)16-9-11(17)15(4,5)6;1-12(2,3)10-16-9-7-8-14-11(15)13(4,5)6;1-12(2,3)9-7-8-10-14-11(15)13(4,5)6;1-11(2,3)10-14-9-7-8-13-12(4,5)6;1-11(2,3)8-7-9-13-10(14)12(4,5)6;1-11(2,3)9-7-8-10-13-12(4,5)6;1-10(2,3)8-7-9-12-11(4,5)6/h7-10H2,1-6H3,(H,16,18);7-10H2,1-6H3,(H,14,15);7-10H2,1-6H3,(H,14,15);13H,7-10H2,1-6H3;7-9H2,1-6H3,(H,13,14);13H,7-10H2,1-6H3;12H,7-9H2,1-6H3. The van der Waals surface area contributed by atoms with Crippen molar-refractivity contribution in [2.24, 2.45) is 59.6 Å². The number of rotatable bonds is 30. The second-order valence-corrected chi connectivity index (χ2v) is 44.5. The van der Waals surface area contributed by atoms with Gasteiger partial charge in [-0.05, 0) is 184 Å². The Morgan fingerprint density at radius 3 is 0.808 bits per heavy atom. The summed E-state index contributed by atoms with van der Waals surface area (Å²) in [6.45, 7) is 97.9. The van der Waals surface area contributed by atoms with Crippen LogP contribution in [0.1, 0.15) is 381 Å². The van der Waals surface area contributed by atoms with Gasteiger partial charge in [-0.1, -0.05) is 241 Å². The maximum atomic E-state index is 11.6. The van der Waals surface area contributed by atoms with Gasteiger partial charge in [0.05, 0.1) is 32.8 Å². The monoisotopic (exact) mass is 1480 g/mol. The molecule has 104 heavy (non-hydrogen) atoms. The number of hydrogen-bond donors (Lipinski definition) is 7. The van der Waals surface area contributed by atoms with E-state index >= 15 is 0 Å². The molecule has 0 aromatic carbocycles. The van der Waals surface area contributed by atoms with Gasteiger partial charge in [0.15, 0.2) is 5.78 Å². The second kappa shape index (κ2) is 53.6. The van der Waals surface area contributed by atoms with Gasteiger partial charge in [0.2, 0.25) is 23.6 Å². The molecule has 0 saturated heterocycles. The number of hydrogen-bond acceptors (Lipinski definition) is 12. The molecule has 0 unspecified atom stereocenters. The van der Waals surface area contributed by atoms with Crippen LogP contribution in [0.4, 0.5) is 0 Å². The van der Waals surface area contributed by atoms with Crippen LogP contribution < -0.4 is 37.2 Å².